The van der Waals surface area contributed by atoms with Gasteiger partial charge in [-0.3, -0.25) is 14.3 Å². The van der Waals surface area contributed by atoms with Gasteiger partial charge in [-0.1, -0.05) is 11.6 Å². The number of halogens is 1. The zero-order valence-corrected chi connectivity index (χ0v) is 6.97. The van der Waals surface area contributed by atoms with Gasteiger partial charge in [0.2, 0.25) is 0 Å². The molecule has 0 spiro atoms. The largest absolute Gasteiger partial charge is 0.329 e. The fourth-order valence-corrected chi connectivity index (χ4v) is 1.33. The Morgan fingerprint density at radius 3 is 2.67 bits per heavy atom. The van der Waals surface area contributed by atoms with Crippen LogP contribution in [0.5, 0.6) is 0 Å². The Balaban J connectivity index is 2.67. The third-order valence-corrected chi connectivity index (χ3v) is 2.05. The summed E-state index contributed by atoms with van der Waals surface area (Å²) >= 11 is 5.48. The normalized spacial score (nSPS) is 16.4. The molecule has 1 saturated carbocycles. The Morgan fingerprint density at radius 2 is 2.17 bits per heavy atom. The van der Waals surface area contributed by atoms with Gasteiger partial charge in [-0.05, 0) is 12.8 Å². The molecule has 4 nitrogen and oxygen atoms in total. The van der Waals surface area contributed by atoms with Crippen LogP contribution in [0.25, 0.3) is 0 Å². The van der Waals surface area contributed by atoms with Crippen LogP contribution >= 0.6 is 11.6 Å². The van der Waals surface area contributed by atoms with Crippen molar-refractivity contribution in [2.75, 3.05) is 0 Å². The molecule has 12 heavy (non-hydrogen) atoms. The summed E-state index contributed by atoms with van der Waals surface area (Å²) in [4.78, 5) is 24.7. The Hall–Kier alpha value is -1.03. The van der Waals surface area contributed by atoms with Gasteiger partial charge in [0.15, 0.2) is 0 Å². The quantitative estimate of drug-likeness (QED) is 0.651. The minimum Gasteiger partial charge on any atom is -0.298 e. The lowest BCUT2D eigenvalue weighted by Crippen LogP contribution is -2.33. The fraction of sp³-hybridized carbons (Fsp3) is 0.429. The molecule has 1 heterocycles. The molecule has 1 aliphatic carbocycles. The molecule has 0 atom stereocenters. The molecule has 1 aromatic heterocycles. The number of rotatable bonds is 1. The summed E-state index contributed by atoms with van der Waals surface area (Å²) in [7, 11) is 0. The molecule has 0 saturated heterocycles. The van der Waals surface area contributed by atoms with Crippen molar-refractivity contribution >= 4 is 11.6 Å². The predicted molar refractivity (Wildman–Crippen MR) is 44.6 cm³/mol. The number of hydrogen-bond acceptors (Lipinski definition) is 2. The van der Waals surface area contributed by atoms with Crippen LogP contribution in [0, 0.1) is 0 Å². The van der Waals surface area contributed by atoms with Crippen molar-refractivity contribution < 1.29 is 0 Å². The topological polar surface area (TPSA) is 54.9 Å². The van der Waals surface area contributed by atoms with Gasteiger partial charge in [-0.2, -0.15) is 0 Å². The maximum absolute atomic E-state index is 11.2. The fourth-order valence-electron chi connectivity index (χ4n) is 1.15. The summed E-state index contributed by atoms with van der Waals surface area (Å²) in [5, 5.41) is 0.0990. The van der Waals surface area contributed by atoms with Gasteiger partial charge in [0.1, 0.15) is 5.15 Å². The summed E-state index contributed by atoms with van der Waals surface area (Å²) in [5.41, 5.74) is -0.721. The Kier molecular flexibility index (Phi) is 1.58. The summed E-state index contributed by atoms with van der Waals surface area (Å²) in [5.74, 6) is 0. The molecule has 1 aromatic rings. The molecule has 0 radical (unpaired) electrons. The molecular weight excluding hydrogens is 180 g/mol. The first-order chi connectivity index (χ1) is 5.68. The van der Waals surface area contributed by atoms with E-state index >= 15 is 0 Å². The highest BCUT2D eigenvalue weighted by Crippen LogP contribution is 2.31. The van der Waals surface area contributed by atoms with Crippen molar-refractivity contribution in [1.29, 1.82) is 0 Å². The molecule has 0 amide bonds. The predicted octanol–water partition coefficient (Wildman–Crippen LogP) is 0.525. The highest BCUT2D eigenvalue weighted by atomic mass is 35.5. The summed E-state index contributed by atoms with van der Waals surface area (Å²) in [6.07, 6.45) is 1.81. The number of nitrogens with one attached hydrogen (secondary N) is 1. The van der Waals surface area contributed by atoms with E-state index in [1.807, 2.05) is 0 Å². The van der Waals surface area contributed by atoms with E-state index in [2.05, 4.69) is 4.98 Å². The minimum atomic E-state index is -0.407. The zero-order chi connectivity index (χ0) is 8.72. The second-order valence-electron chi connectivity index (χ2n) is 2.86. The van der Waals surface area contributed by atoms with E-state index in [1.54, 1.807) is 0 Å². The number of H-pyrrole nitrogens is 1. The molecular formula is C7H7ClN2O2. The van der Waals surface area contributed by atoms with Gasteiger partial charge in [0.05, 0.1) is 0 Å². The van der Waals surface area contributed by atoms with E-state index in [0.717, 1.165) is 12.8 Å². The van der Waals surface area contributed by atoms with Gasteiger partial charge < -0.3 is 0 Å². The van der Waals surface area contributed by atoms with Crippen molar-refractivity contribution in [3.63, 3.8) is 0 Å². The highest BCUT2D eigenvalue weighted by molar-refractivity contribution is 6.29. The number of aromatic nitrogens is 2. The van der Waals surface area contributed by atoms with Crippen molar-refractivity contribution in [2.24, 2.45) is 0 Å². The Morgan fingerprint density at radius 1 is 1.50 bits per heavy atom. The monoisotopic (exact) mass is 186 g/mol. The van der Waals surface area contributed by atoms with Crippen molar-refractivity contribution in [3.8, 4) is 0 Å². The van der Waals surface area contributed by atoms with Crippen LogP contribution in [0.4, 0.5) is 0 Å². The van der Waals surface area contributed by atoms with Crippen LogP contribution in [-0.4, -0.2) is 9.55 Å². The van der Waals surface area contributed by atoms with Gasteiger partial charge >= 0.3 is 5.69 Å². The third-order valence-electron chi connectivity index (χ3n) is 1.84. The van der Waals surface area contributed by atoms with Crippen LogP contribution in [0.2, 0.25) is 5.15 Å². The van der Waals surface area contributed by atoms with Crippen LogP contribution in [0.3, 0.4) is 0 Å². The van der Waals surface area contributed by atoms with Crippen molar-refractivity contribution in [2.45, 2.75) is 18.9 Å². The maximum Gasteiger partial charge on any atom is 0.329 e. The van der Waals surface area contributed by atoms with E-state index < -0.39 is 5.69 Å². The minimum absolute atomic E-state index is 0.0958. The molecule has 0 bridgehead atoms. The molecule has 64 valence electrons. The molecule has 2 rings (SSSR count). The number of nitrogens with zero attached hydrogens (tertiary/aromatic N) is 1. The molecule has 5 heteroatoms. The second-order valence-corrected chi connectivity index (χ2v) is 3.27. The SMILES string of the molecule is O=c1cc(Cl)[nH]c(=O)n1C1CC1. The second kappa shape index (κ2) is 2.48. The van der Waals surface area contributed by atoms with E-state index in [9.17, 15) is 9.59 Å². The van der Waals surface area contributed by atoms with Gasteiger partial charge in [0.25, 0.3) is 5.56 Å². The first kappa shape index (κ1) is 7.61. The lowest BCUT2D eigenvalue weighted by Gasteiger charge is -1.99. The molecule has 1 aliphatic rings. The first-order valence-corrected chi connectivity index (χ1v) is 4.07. The van der Waals surface area contributed by atoms with Gasteiger partial charge in [-0.25, -0.2) is 4.79 Å². The Bertz CT molecular complexity index is 385. The summed E-state index contributed by atoms with van der Waals surface area (Å²) < 4.78 is 1.21. The standard InChI is InChI=1S/C7H7ClN2O2/c8-5-3-6(11)10(4-1-2-4)7(12)9-5/h3-4H,1-2H2,(H,9,12). The molecule has 1 fully saturated rings. The number of hydrogen-bond donors (Lipinski definition) is 1. The highest BCUT2D eigenvalue weighted by Gasteiger charge is 2.26. The van der Waals surface area contributed by atoms with Gasteiger partial charge in [0, 0.05) is 12.1 Å². The molecule has 1 N–H and O–H groups in total. The average molecular weight is 187 g/mol. The summed E-state index contributed by atoms with van der Waals surface area (Å²) in [6, 6.07) is 1.32. The van der Waals surface area contributed by atoms with Gasteiger partial charge in [-0.15, -0.1) is 0 Å². The Labute approximate surface area is 72.8 Å². The lowest BCUT2D eigenvalue weighted by atomic mass is 10.6. The van der Waals surface area contributed by atoms with E-state index in [0.29, 0.717) is 0 Å². The van der Waals surface area contributed by atoms with Crippen molar-refractivity contribution in [3.05, 3.63) is 32.1 Å². The van der Waals surface area contributed by atoms with E-state index in [4.69, 9.17) is 11.6 Å². The molecule has 0 aromatic carbocycles. The third kappa shape index (κ3) is 1.18. The smallest absolute Gasteiger partial charge is 0.298 e. The number of aromatic amines is 1. The summed E-state index contributed by atoms with van der Waals surface area (Å²) in [6.45, 7) is 0. The van der Waals surface area contributed by atoms with E-state index in [-0.39, 0.29) is 16.8 Å². The van der Waals surface area contributed by atoms with Crippen LogP contribution in [-0.2, 0) is 0 Å². The average Bonchev–Trinajstić information content (AvgIpc) is 2.68. The van der Waals surface area contributed by atoms with Crippen LogP contribution < -0.4 is 11.2 Å². The van der Waals surface area contributed by atoms with E-state index in [1.165, 1.54) is 10.6 Å². The van der Waals surface area contributed by atoms with Crippen LogP contribution in [0.1, 0.15) is 18.9 Å². The lowest BCUT2D eigenvalue weighted by molar-refractivity contribution is 0.655. The maximum atomic E-state index is 11.2. The molecule has 0 aliphatic heterocycles. The zero-order valence-electron chi connectivity index (χ0n) is 6.21. The molecule has 0 unspecified atom stereocenters. The van der Waals surface area contributed by atoms with Crippen molar-refractivity contribution in [1.82, 2.24) is 9.55 Å². The van der Waals surface area contributed by atoms with Crippen LogP contribution in [0.15, 0.2) is 15.7 Å². The first-order valence-electron chi connectivity index (χ1n) is 3.70.